The minimum Gasteiger partial charge on any atom is -0.405 e. The van der Waals surface area contributed by atoms with Crippen LogP contribution in [-0.4, -0.2) is 39.7 Å². The number of ether oxygens (including phenoxy) is 3. The van der Waals surface area contributed by atoms with Crippen molar-refractivity contribution in [3.05, 3.63) is 12.2 Å². The number of fused-ring (bicyclic) bond motifs is 4. The van der Waals surface area contributed by atoms with E-state index in [0.717, 1.165) is 24.9 Å². The van der Waals surface area contributed by atoms with E-state index in [1.807, 2.05) is 0 Å². The second kappa shape index (κ2) is 8.29. The lowest BCUT2D eigenvalue weighted by molar-refractivity contribution is -0.270. The van der Waals surface area contributed by atoms with Gasteiger partial charge < -0.3 is 18.6 Å². The van der Waals surface area contributed by atoms with Crippen molar-refractivity contribution in [3.8, 4) is 0 Å². The van der Waals surface area contributed by atoms with Crippen molar-refractivity contribution < 1.29 is 18.6 Å². The summed E-state index contributed by atoms with van der Waals surface area (Å²) in [7, 11) is -0.214. The van der Waals surface area contributed by atoms with E-state index in [-0.39, 0.29) is 18.7 Å². The van der Waals surface area contributed by atoms with Gasteiger partial charge in [0, 0.05) is 25.4 Å². The highest BCUT2D eigenvalue weighted by molar-refractivity contribution is 6.75. The summed E-state index contributed by atoms with van der Waals surface area (Å²) in [5.74, 6) is 0.741. The highest BCUT2D eigenvalue weighted by Gasteiger charge is 2.67. The van der Waals surface area contributed by atoms with Gasteiger partial charge in [-0.05, 0) is 42.3 Å². The van der Waals surface area contributed by atoms with Gasteiger partial charge in [-0.2, -0.15) is 0 Å². The van der Waals surface area contributed by atoms with Crippen LogP contribution >= 0.6 is 0 Å². The van der Waals surface area contributed by atoms with Crippen LogP contribution in [0.5, 0.6) is 0 Å². The van der Waals surface area contributed by atoms with Gasteiger partial charge in [0.25, 0.3) is 0 Å². The molecule has 1 unspecified atom stereocenters. The number of hydrogen-bond donors (Lipinski definition) is 0. The number of hydrogen-bond acceptors (Lipinski definition) is 4. The van der Waals surface area contributed by atoms with Crippen molar-refractivity contribution in [1.29, 1.82) is 0 Å². The van der Waals surface area contributed by atoms with Gasteiger partial charge in [-0.25, -0.2) is 0 Å². The van der Waals surface area contributed by atoms with E-state index in [1.165, 1.54) is 37.7 Å². The molecule has 4 fully saturated rings. The molecule has 172 valence electrons. The molecule has 2 saturated carbocycles. The van der Waals surface area contributed by atoms with Gasteiger partial charge in [0.2, 0.25) is 0 Å². The third-order valence-corrected chi connectivity index (χ3v) is 14.7. The quantitative estimate of drug-likeness (QED) is 0.341. The maximum atomic E-state index is 7.40. The smallest absolute Gasteiger partial charge is 0.195 e. The summed E-state index contributed by atoms with van der Waals surface area (Å²) in [5.41, 5.74) is 1.81. The Morgan fingerprint density at radius 1 is 1.13 bits per heavy atom. The van der Waals surface area contributed by atoms with Gasteiger partial charge >= 0.3 is 0 Å². The zero-order chi connectivity index (χ0) is 21.7. The van der Waals surface area contributed by atoms with E-state index in [1.54, 1.807) is 7.11 Å². The van der Waals surface area contributed by atoms with Crippen LogP contribution in [0.3, 0.4) is 0 Å². The van der Waals surface area contributed by atoms with E-state index < -0.39 is 13.9 Å². The van der Waals surface area contributed by atoms with Crippen LogP contribution in [0, 0.1) is 17.3 Å². The monoisotopic (exact) mass is 436 g/mol. The fraction of sp³-hybridized carbons (Fsp3) is 0.920. The highest BCUT2D eigenvalue weighted by atomic mass is 28.4. The van der Waals surface area contributed by atoms with E-state index in [4.69, 9.17) is 25.2 Å². The van der Waals surface area contributed by atoms with Crippen molar-refractivity contribution in [2.75, 3.05) is 7.11 Å². The van der Waals surface area contributed by atoms with Crippen LogP contribution in [0.4, 0.5) is 0 Å². The molecule has 0 amide bonds. The topological polar surface area (TPSA) is 36.9 Å². The Labute approximate surface area is 185 Å². The molecule has 4 rings (SSSR count). The van der Waals surface area contributed by atoms with Crippen molar-refractivity contribution in [1.82, 2.24) is 0 Å². The minimum atomic E-state index is -1.95. The Bertz CT molecular complexity index is 639. The largest absolute Gasteiger partial charge is 0.405 e. The highest BCUT2D eigenvalue weighted by Crippen LogP contribution is 2.63. The van der Waals surface area contributed by atoms with Crippen molar-refractivity contribution in [3.63, 3.8) is 0 Å². The average molecular weight is 437 g/mol. The van der Waals surface area contributed by atoms with Gasteiger partial charge in [-0.1, -0.05) is 66.0 Å². The molecule has 2 saturated heterocycles. The predicted molar refractivity (Wildman–Crippen MR) is 123 cm³/mol. The van der Waals surface area contributed by atoms with E-state index in [2.05, 4.69) is 34.6 Å². The Balaban J connectivity index is 1.70. The summed E-state index contributed by atoms with van der Waals surface area (Å²) in [6, 6.07) is 2.24. The molecule has 0 spiro atoms. The molecule has 4 nitrogen and oxygen atoms in total. The number of methoxy groups -OCH3 is 1. The Hall–Kier alpha value is -0.203. The third-order valence-electron chi connectivity index (χ3n) is 9.39. The molecular weight excluding hydrogens is 392 g/mol. The zero-order valence-electron chi connectivity index (χ0n) is 20.2. The van der Waals surface area contributed by atoms with Gasteiger partial charge in [0.1, 0.15) is 5.60 Å². The molecule has 2 bridgehead atoms. The summed E-state index contributed by atoms with van der Waals surface area (Å²) >= 11 is 0. The molecule has 0 N–H and O–H groups in total. The van der Waals surface area contributed by atoms with Crippen molar-refractivity contribution in [2.45, 2.75) is 121 Å². The van der Waals surface area contributed by atoms with Crippen molar-refractivity contribution >= 4 is 8.32 Å². The van der Waals surface area contributed by atoms with Gasteiger partial charge in [0.15, 0.2) is 20.9 Å². The molecule has 0 radical (unpaired) electrons. The van der Waals surface area contributed by atoms with Crippen LogP contribution in [0.2, 0.25) is 17.6 Å². The van der Waals surface area contributed by atoms with E-state index >= 15 is 0 Å². The maximum absolute atomic E-state index is 7.40. The zero-order valence-corrected chi connectivity index (χ0v) is 21.2. The Morgan fingerprint density at radius 2 is 1.80 bits per heavy atom. The molecule has 5 heteroatoms. The fourth-order valence-electron chi connectivity index (χ4n) is 7.47. The summed E-state index contributed by atoms with van der Waals surface area (Å²) < 4.78 is 26.2. The molecule has 2 aliphatic carbocycles. The third kappa shape index (κ3) is 3.38. The van der Waals surface area contributed by atoms with Gasteiger partial charge in [-0.3, -0.25) is 0 Å². The Kier molecular flexibility index (Phi) is 6.35. The molecular formula is C25H44O4Si. The standard InChI is InChI=1S/C25H44O4Si/c1-8-30(9-2,17(3)4)29-25-16-21(26-7)28-23(25)27-20-15-19(25)18(5)22(20)24(6)13-11-10-12-14-24/h17,19-23H,5,8-16H2,1-4,6-7H3/t19-,20+,21+,22?,23-,25+/m1/s1. The first-order chi connectivity index (χ1) is 14.2. The van der Waals surface area contributed by atoms with E-state index in [9.17, 15) is 0 Å². The number of rotatable bonds is 7. The van der Waals surface area contributed by atoms with Crippen LogP contribution in [0.25, 0.3) is 0 Å². The SMILES string of the molecule is C=C1C(C2(C)CCCCC2)[C@@H]2C[C@H]1[C@@]1(O[Si](CC)(CC)C(C)C)C[C@@H](OC)O[C@H]1O2. The first-order valence-electron chi connectivity index (χ1n) is 12.5. The van der Waals surface area contributed by atoms with Gasteiger partial charge in [-0.15, -0.1) is 0 Å². The lowest BCUT2D eigenvalue weighted by Gasteiger charge is -2.49. The summed E-state index contributed by atoms with van der Waals surface area (Å²) in [6.45, 7) is 16.5. The first kappa shape index (κ1) is 23.0. The second-order valence-electron chi connectivity index (χ2n) is 11.1. The van der Waals surface area contributed by atoms with Crippen LogP contribution in [-0.2, 0) is 18.6 Å². The molecule has 30 heavy (non-hydrogen) atoms. The summed E-state index contributed by atoms with van der Waals surface area (Å²) in [6.07, 6.45) is 8.04. The maximum Gasteiger partial charge on any atom is 0.195 e. The lowest BCUT2D eigenvalue weighted by Crippen LogP contribution is -2.59. The second-order valence-corrected chi connectivity index (χ2v) is 16.0. The van der Waals surface area contributed by atoms with Gasteiger partial charge in [0.05, 0.1) is 6.10 Å². The predicted octanol–water partition coefficient (Wildman–Crippen LogP) is 6.42. The van der Waals surface area contributed by atoms with Crippen LogP contribution in [0.15, 0.2) is 12.2 Å². The van der Waals surface area contributed by atoms with Crippen LogP contribution < -0.4 is 0 Å². The molecule has 2 heterocycles. The Morgan fingerprint density at radius 3 is 2.37 bits per heavy atom. The minimum absolute atomic E-state index is 0.210. The van der Waals surface area contributed by atoms with Crippen molar-refractivity contribution in [2.24, 2.45) is 17.3 Å². The van der Waals surface area contributed by atoms with Crippen LogP contribution in [0.1, 0.15) is 79.6 Å². The molecule has 0 aromatic heterocycles. The average Bonchev–Trinajstić information content (AvgIpc) is 3.24. The molecule has 0 aromatic carbocycles. The fourth-order valence-corrected chi connectivity index (χ4v) is 11.2. The lowest BCUT2D eigenvalue weighted by atomic mass is 9.64. The normalized spacial score (nSPS) is 40.8. The molecule has 6 atom stereocenters. The first-order valence-corrected chi connectivity index (χ1v) is 14.9. The van der Waals surface area contributed by atoms with E-state index in [0.29, 0.717) is 22.8 Å². The summed E-state index contributed by atoms with van der Waals surface area (Å²) in [4.78, 5) is 0. The summed E-state index contributed by atoms with van der Waals surface area (Å²) in [5, 5.41) is 0. The molecule has 2 aliphatic heterocycles. The molecule has 0 aromatic rings. The molecule has 4 aliphatic rings.